The zero-order valence-corrected chi connectivity index (χ0v) is 16.5. The molecule has 1 saturated carbocycles. The van der Waals surface area contributed by atoms with Crippen molar-refractivity contribution in [1.29, 1.82) is 0 Å². The highest BCUT2D eigenvalue weighted by atomic mass is 32.2. The van der Waals surface area contributed by atoms with E-state index in [0.29, 0.717) is 24.2 Å². The van der Waals surface area contributed by atoms with Gasteiger partial charge in [-0.2, -0.15) is 0 Å². The smallest absolute Gasteiger partial charge is 0.0689 e. The van der Waals surface area contributed by atoms with Crippen LogP contribution in [0.5, 0.6) is 0 Å². The number of likely N-dealkylation sites (tertiary alicyclic amines) is 1. The Morgan fingerprint density at radius 3 is 2.48 bits per heavy atom. The molecule has 3 unspecified atom stereocenters. The summed E-state index contributed by atoms with van der Waals surface area (Å²) in [7, 11) is 0. The molecule has 1 saturated heterocycles. The van der Waals surface area contributed by atoms with Crippen LogP contribution in [0.3, 0.4) is 0 Å². The van der Waals surface area contributed by atoms with Gasteiger partial charge < -0.3 is 9.64 Å². The fourth-order valence-corrected chi connectivity index (χ4v) is 5.01. The molecular formula is C19H36N2OS. The van der Waals surface area contributed by atoms with Crippen LogP contribution in [-0.4, -0.2) is 42.0 Å². The second-order valence-electron chi connectivity index (χ2n) is 7.84. The van der Waals surface area contributed by atoms with Crippen molar-refractivity contribution in [2.45, 2.75) is 84.0 Å². The number of rotatable bonds is 7. The van der Waals surface area contributed by atoms with Crippen LogP contribution in [0.2, 0.25) is 0 Å². The SMILES string of the molecule is C=C(C)N1C(C)CC(NSC)C1COC1CCC(C(C)C)CC1. The lowest BCUT2D eigenvalue weighted by atomic mass is 9.80. The van der Waals surface area contributed by atoms with Crippen LogP contribution < -0.4 is 4.72 Å². The lowest BCUT2D eigenvalue weighted by Crippen LogP contribution is -2.44. The molecule has 0 aromatic carbocycles. The largest absolute Gasteiger partial charge is 0.376 e. The summed E-state index contributed by atoms with van der Waals surface area (Å²) in [4.78, 5) is 2.47. The van der Waals surface area contributed by atoms with E-state index >= 15 is 0 Å². The van der Waals surface area contributed by atoms with Crippen molar-refractivity contribution >= 4 is 11.9 Å². The third kappa shape index (κ3) is 4.90. The Labute approximate surface area is 147 Å². The highest BCUT2D eigenvalue weighted by molar-refractivity contribution is 7.96. The zero-order valence-electron chi connectivity index (χ0n) is 15.7. The minimum atomic E-state index is 0.415. The Bertz CT molecular complexity index is 380. The maximum Gasteiger partial charge on any atom is 0.0689 e. The number of nitrogens with one attached hydrogen (secondary N) is 1. The Morgan fingerprint density at radius 2 is 1.96 bits per heavy atom. The number of allylic oxidation sites excluding steroid dienone is 1. The van der Waals surface area contributed by atoms with Crippen LogP contribution in [0.25, 0.3) is 0 Å². The van der Waals surface area contributed by atoms with E-state index in [1.54, 1.807) is 11.9 Å². The lowest BCUT2D eigenvalue weighted by Gasteiger charge is -2.35. The van der Waals surface area contributed by atoms with Gasteiger partial charge in [0.25, 0.3) is 0 Å². The van der Waals surface area contributed by atoms with Crippen molar-refractivity contribution in [3.05, 3.63) is 12.3 Å². The average molecular weight is 341 g/mol. The average Bonchev–Trinajstić information content (AvgIpc) is 2.81. The van der Waals surface area contributed by atoms with E-state index in [9.17, 15) is 0 Å². The molecule has 1 aliphatic heterocycles. The molecule has 2 rings (SSSR count). The fourth-order valence-electron chi connectivity index (χ4n) is 4.45. The first-order valence-corrected chi connectivity index (χ1v) is 10.5. The molecule has 1 heterocycles. The molecule has 4 heteroatoms. The van der Waals surface area contributed by atoms with E-state index in [2.05, 4.69) is 50.2 Å². The predicted octanol–water partition coefficient (Wildman–Crippen LogP) is 4.45. The standard InChI is InChI=1S/C19H36N2OS/c1-13(2)16-7-9-17(10-8-16)22-12-19-18(20-23-6)11-15(5)21(19)14(3)4/h13,15-20H,3,7-12H2,1-2,4-6H3. The molecule has 1 aliphatic carbocycles. The topological polar surface area (TPSA) is 24.5 Å². The molecule has 0 radical (unpaired) electrons. The van der Waals surface area contributed by atoms with Crippen LogP contribution in [0.15, 0.2) is 12.3 Å². The first-order valence-electron chi connectivity index (χ1n) is 9.28. The van der Waals surface area contributed by atoms with Crippen LogP contribution in [0.4, 0.5) is 0 Å². The van der Waals surface area contributed by atoms with E-state index in [4.69, 9.17) is 4.74 Å². The molecule has 0 spiro atoms. The van der Waals surface area contributed by atoms with E-state index in [0.717, 1.165) is 18.4 Å². The highest BCUT2D eigenvalue weighted by Gasteiger charge is 2.39. The van der Waals surface area contributed by atoms with Gasteiger partial charge >= 0.3 is 0 Å². The molecule has 134 valence electrons. The maximum absolute atomic E-state index is 6.37. The second-order valence-corrected chi connectivity index (χ2v) is 8.48. The molecule has 2 fully saturated rings. The summed E-state index contributed by atoms with van der Waals surface area (Å²) >= 11 is 1.72. The van der Waals surface area contributed by atoms with Gasteiger partial charge in [0.1, 0.15) is 0 Å². The quantitative estimate of drug-likeness (QED) is 0.692. The van der Waals surface area contributed by atoms with Crippen molar-refractivity contribution in [3.8, 4) is 0 Å². The number of hydrogen-bond donors (Lipinski definition) is 1. The Kier molecular flexibility index (Phi) is 7.30. The molecule has 0 amide bonds. The second kappa shape index (κ2) is 8.77. The van der Waals surface area contributed by atoms with E-state index in [1.165, 1.54) is 37.8 Å². The van der Waals surface area contributed by atoms with Crippen molar-refractivity contribution in [2.24, 2.45) is 11.8 Å². The summed E-state index contributed by atoms with van der Waals surface area (Å²) in [5, 5.41) is 0. The van der Waals surface area contributed by atoms with Gasteiger partial charge in [0.05, 0.1) is 18.8 Å². The summed E-state index contributed by atoms with van der Waals surface area (Å²) < 4.78 is 9.94. The summed E-state index contributed by atoms with van der Waals surface area (Å²) in [6, 6.07) is 1.45. The van der Waals surface area contributed by atoms with Gasteiger partial charge in [-0.1, -0.05) is 32.4 Å². The Morgan fingerprint density at radius 1 is 1.30 bits per heavy atom. The van der Waals surface area contributed by atoms with Gasteiger partial charge in [-0.05, 0) is 64.0 Å². The lowest BCUT2D eigenvalue weighted by molar-refractivity contribution is -0.0121. The Hall–Kier alpha value is -0.190. The predicted molar refractivity (Wildman–Crippen MR) is 101 cm³/mol. The number of ether oxygens (including phenoxy) is 1. The van der Waals surface area contributed by atoms with Crippen molar-refractivity contribution < 1.29 is 4.74 Å². The minimum absolute atomic E-state index is 0.415. The molecule has 1 N–H and O–H groups in total. The van der Waals surface area contributed by atoms with E-state index in [-0.39, 0.29) is 0 Å². The van der Waals surface area contributed by atoms with E-state index in [1.807, 2.05) is 0 Å². The first kappa shape index (κ1) is 19.1. The van der Waals surface area contributed by atoms with Gasteiger partial charge in [0.15, 0.2) is 0 Å². The summed E-state index contributed by atoms with van der Waals surface area (Å²) in [6.45, 7) is 14.2. The van der Waals surface area contributed by atoms with Crippen molar-refractivity contribution in [3.63, 3.8) is 0 Å². The summed E-state index contributed by atoms with van der Waals surface area (Å²) in [6.07, 6.45) is 8.88. The van der Waals surface area contributed by atoms with Gasteiger partial charge in [0.2, 0.25) is 0 Å². The van der Waals surface area contributed by atoms with Crippen LogP contribution in [0, 0.1) is 11.8 Å². The highest BCUT2D eigenvalue weighted by Crippen LogP contribution is 2.33. The minimum Gasteiger partial charge on any atom is -0.376 e. The number of nitrogens with zero attached hydrogens (tertiary/aromatic N) is 1. The van der Waals surface area contributed by atoms with Gasteiger partial charge in [-0.15, -0.1) is 0 Å². The van der Waals surface area contributed by atoms with Crippen LogP contribution >= 0.6 is 11.9 Å². The third-order valence-electron chi connectivity index (χ3n) is 5.77. The monoisotopic (exact) mass is 340 g/mol. The molecule has 0 bridgehead atoms. The van der Waals surface area contributed by atoms with Crippen molar-refractivity contribution in [2.75, 3.05) is 12.9 Å². The molecule has 0 aromatic heterocycles. The summed E-state index contributed by atoms with van der Waals surface area (Å²) in [5.74, 6) is 1.72. The van der Waals surface area contributed by atoms with Gasteiger partial charge in [-0.3, -0.25) is 4.72 Å². The molecule has 3 nitrogen and oxygen atoms in total. The zero-order chi connectivity index (χ0) is 17.0. The number of hydrogen-bond acceptors (Lipinski definition) is 4. The van der Waals surface area contributed by atoms with E-state index < -0.39 is 0 Å². The third-order valence-corrected chi connectivity index (χ3v) is 6.30. The summed E-state index contributed by atoms with van der Waals surface area (Å²) in [5.41, 5.74) is 1.17. The first-order chi connectivity index (χ1) is 10.9. The molecule has 0 aromatic rings. The van der Waals surface area contributed by atoms with Gasteiger partial charge in [0, 0.05) is 17.8 Å². The molecular weight excluding hydrogens is 304 g/mol. The maximum atomic E-state index is 6.37. The van der Waals surface area contributed by atoms with Gasteiger partial charge in [-0.25, -0.2) is 0 Å². The van der Waals surface area contributed by atoms with Crippen molar-refractivity contribution in [1.82, 2.24) is 9.62 Å². The normalized spacial score (nSPS) is 35.0. The molecule has 2 aliphatic rings. The molecule has 3 atom stereocenters. The molecule has 23 heavy (non-hydrogen) atoms. The Balaban J connectivity index is 1.87. The fraction of sp³-hybridized carbons (Fsp3) is 0.895. The van der Waals surface area contributed by atoms with Crippen LogP contribution in [0.1, 0.15) is 59.8 Å². The van der Waals surface area contributed by atoms with Crippen LogP contribution in [-0.2, 0) is 4.74 Å².